The zero-order chi connectivity index (χ0) is 18.1. The lowest BCUT2D eigenvalue weighted by Crippen LogP contribution is -2.49. The lowest BCUT2D eigenvalue weighted by atomic mass is 10.1. The number of aryl methyl sites for hydroxylation is 1. The molecule has 1 fully saturated rings. The van der Waals surface area contributed by atoms with Gasteiger partial charge in [0.15, 0.2) is 0 Å². The Labute approximate surface area is 154 Å². The van der Waals surface area contributed by atoms with Gasteiger partial charge in [-0.3, -0.25) is 4.90 Å². The minimum atomic E-state index is -3.37. The van der Waals surface area contributed by atoms with Crippen molar-refractivity contribution >= 4 is 10.0 Å². The molecule has 0 spiro atoms. The molecule has 4 rings (SSSR count). The van der Waals surface area contributed by atoms with E-state index in [0.717, 1.165) is 25.9 Å². The first-order valence-corrected chi connectivity index (χ1v) is 10.7. The zero-order valence-electron chi connectivity index (χ0n) is 14.6. The van der Waals surface area contributed by atoms with Crippen LogP contribution in [0.3, 0.4) is 0 Å². The van der Waals surface area contributed by atoms with Gasteiger partial charge in [0, 0.05) is 32.2 Å². The van der Waals surface area contributed by atoms with E-state index in [1.54, 1.807) is 16.4 Å². The highest BCUT2D eigenvalue weighted by molar-refractivity contribution is 7.88. The molecule has 0 amide bonds. The van der Waals surface area contributed by atoms with Gasteiger partial charge in [0.25, 0.3) is 0 Å². The van der Waals surface area contributed by atoms with E-state index in [4.69, 9.17) is 0 Å². The van der Waals surface area contributed by atoms with Crippen LogP contribution in [0.25, 0.3) is 0 Å². The summed E-state index contributed by atoms with van der Waals surface area (Å²) in [6.07, 6.45) is 2.21. The molecule has 4 nitrogen and oxygen atoms in total. The molecular formula is C20H23FN2O2S. The summed E-state index contributed by atoms with van der Waals surface area (Å²) in [5.41, 5.74) is 3.44. The molecule has 0 saturated carbocycles. The summed E-state index contributed by atoms with van der Waals surface area (Å²) in [7, 11) is -3.37. The minimum absolute atomic E-state index is 0.0699. The van der Waals surface area contributed by atoms with Gasteiger partial charge in [-0.15, -0.1) is 0 Å². The lowest BCUT2D eigenvalue weighted by Gasteiger charge is -2.37. The van der Waals surface area contributed by atoms with Crippen molar-refractivity contribution in [3.8, 4) is 0 Å². The van der Waals surface area contributed by atoms with Gasteiger partial charge in [-0.2, -0.15) is 4.31 Å². The third-order valence-corrected chi connectivity index (χ3v) is 7.32. The minimum Gasteiger partial charge on any atom is -0.294 e. The van der Waals surface area contributed by atoms with E-state index in [-0.39, 0.29) is 11.6 Å². The van der Waals surface area contributed by atoms with Crippen LogP contribution < -0.4 is 0 Å². The highest BCUT2D eigenvalue weighted by atomic mass is 32.2. The molecule has 138 valence electrons. The fourth-order valence-electron chi connectivity index (χ4n) is 4.09. The summed E-state index contributed by atoms with van der Waals surface area (Å²) in [5.74, 6) is -0.420. The first kappa shape index (κ1) is 17.6. The average molecular weight is 374 g/mol. The molecule has 2 aromatic rings. The maximum Gasteiger partial charge on any atom is 0.218 e. The molecule has 6 heteroatoms. The fraction of sp³-hybridized carbons (Fsp3) is 0.400. The summed E-state index contributed by atoms with van der Waals surface area (Å²) >= 11 is 0. The van der Waals surface area contributed by atoms with E-state index in [1.807, 2.05) is 0 Å². The highest BCUT2D eigenvalue weighted by Gasteiger charge is 2.33. The number of sulfonamides is 1. The molecule has 1 saturated heterocycles. The van der Waals surface area contributed by atoms with E-state index in [0.29, 0.717) is 24.7 Å². The van der Waals surface area contributed by atoms with Crippen molar-refractivity contribution in [2.24, 2.45) is 0 Å². The van der Waals surface area contributed by atoms with Crippen molar-refractivity contribution in [1.82, 2.24) is 9.21 Å². The number of fused-ring (bicyclic) bond motifs is 1. The van der Waals surface area contributed by atoms with Gasteiger partial charge < -0.3 is 0 Å². The maximum absolute atomic E-state index is 13.0. The van der Waals surface area contributed by atoms with Crippen LogP contribution in [-0.2, 0) is 22.2 Å². The zero-order valence-corrected chi connectivity index (χ0v) is 15.5. The van der Waals surface area contributed by atoms with Crippen LogP contribution in [0.5, 0.6) is 0 Å². The second kappa shape index (κ2) is 7.10. The highest BCUT2D eigenvalue weighted by Crippen LogP contribution is 2.36. The number of rotatable bonds is 4. The molecule has 1 aliphatic carbocycles. The van der Waals surface area contributed by atoms with Crippen LogP contribution in [0.4, 0.5) is 4.39 Å². The van der Waals surface area contributed by atoms with Gasteiger partial charge in [-0.1, -0.05) is 36.4 Å². The van der Waals surface area contributed by atoms with Gasteiger partial charge in [0.05, 0.1) is 5.75 Å². The Bertz CT molecular complexity index is 875. The Balaban J connectivity index is 1.39. The standard InChI is InChI=1S/C20H23FN2O2S/c21-18-8-5-16(6-9-18)15-26(24,25)23-13-11-22(12-14-23)20-10-7-17-3-1-2-4-19(17)20/h1-6,8-9,20H,7,10-15H2. The molecule has 1 heterocycles. The van der Waals surface area contributed by atoms with E-state index in [9.17, 15) is 12.8 Å². The molecule has 0 radical (unpaired) electrons. The normalized spacial score (nSPS) is 21.7. The molecular weight excluding hydrogens is 351 g/mol. The second-order valence-electron chi connectivity index (χ2n) is 7.07. The van der Waals surface area contributed by atoms with E-state index in [2.05, 4.69) is 29.2 Å². The van der Waals surface area contributed by atoms with Crippen molar-refractivity contribution in [3.05, 3.63) is 71.0 Å². The Hall–Kier alpha value is -1.76. The lowest BCUT2D eigenvalue weighted by molar-refractivity contribution is 0.136. The number of piperazine rings is 1. The summed E-state index contributed by atoms with van der Waals surface area (Å²) in [5, 5.41) is 0. The van der Waals surface area contributed by atoms with Gasteiger partial charge in [0.1, 0.15) is 5.82 Å². The molecule has 2 aromatic carbocycles. The molecule has 0 N–H and O–H groups in total. The Morgan fingerprint density at radius 3 is 2.38 bits per heavy atom. The number of halogens is 1. The van der Waals surface area contributed by atoms with Crippen LogP contribution in [-0.4, -0.2) is 43.8 Å². The smallest absolute Gasteiger partial charge is 0.218 e. The van der Waals surface area contributed by atoms with E-state index < -0.39 is 10.0 Å². The first-order chi connectivity index (χ1) is 12.5. The largest absolute Gasteiger partial charge is 0.294 e. The average Bonchev–Trinajstić information content (AvgIpc) is 3.08. The van der Waals surface area contributed by atoms with Gasteiger partial charge in [0.2, 0.25) is 10.0 Å². The monoisotopic (exact) mass is 374 g/mol. The predicted octanol–water partition coefficient (Wildman–Crippen LogP) is 2.96. The quantitative estimate of drug-likeness (QED) is 0.826. The third kappa shape index (κ3) is 3.54. The number of nitrogens with zero attached hydrogens (tertiary/aromatic N) is 2. The Morgan fingerprint density at radius 2 is 1.65 bits per heavy atom. The number of benzene rings is 2. The fourth-order valence-corrected chi connectivity index (χ4v) is 5.61. The predicted molar refractivity (Wildman–Crippen MR) is 99.7 cm³/mol. The Morgan fingerprint density at radius 1 is 0.962 bits per heavy atom. The van der Waals surface area contributed by atoms with Crippen molar-refractivity contribution in [2.45, 2.75) is 24.6 Å². The molecule has 1 atom stereocenters. The van der Waals surface area contributed by atoms with Crippen LogP contribution in [0.2, 0.25) is 0 Å². The topological polar surface area (TPSA) is 40.6 Å². The Kier molecular flexibility index (Phi) is 4.82. The van der Waals surface area contributed by atoms with Crippen LogP contribution in [0.15, 0.2) is 48.5 Å². The van der Waals surface area contributed by atoms with Crippen molar-refractivity contribution < 1.29 is 12.8 Å². The van der Waals surface area contributed by atoms with Gasteiger partial charge >= 0.3 is 0 Å². The molecule has 26 heavy (non-hydrogen) atoms. The van der Waals surface area contributed by atoms with Crippen LogP contribution in [0, 0.1) is 5.82 Å². The molecule has 2 aliphatic rings. The number of hydrogen-bond donors (Lipinski definition) is 0. The molecule has 0 aromatic heterocycles. The number of hydrogen-bond acceptors (Lipinski definition) is 3. The SMILES string of the molecule is O=S(=O)(Cc1ccc(F)cc1)N1CCN(C2CCc3ccccc32)CC1. The first-order valence-electron chi connectivity index (χ1n) is 9.07. The molecule has 1 aliphatic heterocycles. The van der Waals surface area contributed by atoms with E-state index >= 15 is 0 Å². The second-order valence-corrected chi connectivity index (χ2v) is 9.04. The van der Waals surface area contributed by atoms with Crippen LogP contribution in [0.1, 0.15) is 29.2 Å². The van der Waals surface area contributed by atoms with Crippen molar-refractivity contribution in [3.63, 3.8) is 0 Å². The third-order valence-electron chi connectivity index (χ3n) is 5.47. The van der Waals surface area contributed by atoms with Crippen molar-refractivity contribution in [1.29, 1.82) is 0 Å². The molecule has 1 unspecified atom stereocenters. The van der Waals surface area contributed by atoms with Gasteiger partial charge in [-0.05, 0) is 41.7 Å². The summed E-state index contributed by atoms with van der Waals surface area (Å²) in [6.45, 7) is 2.54. The maximum atomic E-state index is 13.0. The van der Waals surface area contributed by atoms with Gasteiger partial charge in [-0.25, -0.2) is 12.8 Å². The van der Waals surface area contributed by atoms with E-state index in [1.165, 1.54) is 23.3 Å². The van der Waals surface area contributed by atoms with Crippen LogP contribution >= 0.6 is 0 Å². The molecule has 0 bridgehead atoms. The van der Waals surface area contributed by atoms with Crippen molar-refractivity contribution in [2.75, 3.05) is 26.2 Å². The summed E-state index contributed by atoms with van der Waals surface area (Å²) in [6, 6.07) is 14.7. The summed E-state index contributed by atoms with van der Waals surface area (Å²) < 4.78 is 39.9. The summed E-state index contributed by atoms with van der Waals surface area (Å²) in [4.78, 5) is 2.41.